The number of hydrogen-bond donors (Lipinski definition) is 0. The fourth-order valence-corrected chi connectivity index (χ4v) is 2.13. The molecule has 0 amide bonds. The minimum Gasteiger partial charge on any atom is -0.256 e. The van der Waals surface area contributed by atoms with Crippen LogP contribution in [0.4, 0.5) is 8.78 Å². The maximum absolute atomic E-state index is 13.5. The summed E-state index contributed by atoms with van der Waals surface area (Å²) in [7, 11) is 0. The molecule has 20 heavy (non-hydrogen) atoms. The zero-order valence-electron chi connectivity index (χ0n) is 10.6. The van der Waals surface area contributed by atoms with E-state index < -0.39 is 0 Å². The highest BCUT2D eigenvalue weighted by Crippen LogP contribution is 2.31. The lowest BCUT2D eigenvalue weighted by Crippen LogP contribution is -1.89. The van der Waals surface area contributed by atoms with Crippen LogP contribution in [-0.4, -0.2) is 4.98 Å². The minimum atomic E-state index is -0.330. The van der Waals surface area contributed by atoms with Gasteiger partial charge in [0, 0.05) is 11.8 Å². The summed E-state index contributed by atoms with van der Waals surface area (Å²) in [6.07, 6.45) is 1.69. The molecule has 0 atom stereocenters. The summed E-state index contributed by atoms with van der Waals surface area (Å²) in [6, 6.07) is 16.1. The monoisotopic (exact) mass is 267 g/mol. The van der Waals surface area contributed by atoms with Gasteiger partial charge in [-0.1, -0.05) is 18.2 Å². The van der Waals surface area contributed by atoms with Crippen LogP contribution in [0.3, 0.4) is 0 Å². The third-order valence-electron chi connectivity index (χ3n) is 3.08. The molecule has 0 saturated heterocycles. The van der Waals surface area contributed by atoms with Gasteiger partial charge in [0.05, 0.1) is 5.69 Å². The Bertz CT molecular complexity index is 722. The second-order valence-corrected chi connectivity index (χ2v) is 4.41. The third-order valence-corrected chi connectivity index (χ3v) is 3.08. The Labute approximate surface area is 115 Å². The lowest BCUT2D eigenvalue weighted by molar-refractivity contribution is 0.627. The van der Waals surface area contributed by atoms with Crippen LogP contribution in [-0.2, 0) is 0 Å². The average molecular weight is 267 g/mol. The molecular formula is C17H11F2N. The zero-order chi connectivity index (χ0) is 13.9. The van der Waals surface area contributed by atoms with Gasteiger partial charge in [-0.25, -0.2) is 8.78 Å². The highest BCUT2D eigenvalue weighted by atomic mass is 19.1. The van der Waals surface area contributed by atoms with Gasteiger partial charge in [0.2, 0.25) is 0 Å². The molecule has 3 aromatic rings. The molecule has 98 valence electrons. The first-order chi connectivity index (χ1) is 9.74. The van der Waals surface area contributed by atoms with Gasteiger partial charge in [-0.05, 0) is 53.6 Å². The lowest BCUT2D eigenvalue weighted by atomic mass is 9.97. The second-order valence-electron chi connectivity index (χ2n) is 4.41. The summed E-state index contributed by atoms with van der Waals surface area (Å²) in [5.41, 5.74) is 3.03. The van der Waals surface area contributed by atoms with E-state index in [9.17, 15) is 8.78 Å². The van der Waals surface area contributed by atoms with E-state index in [0.29, 0.717) is 5.56 Å². The van der Waals surface area contributed by atoms with Crippen LogP contribution in [0.5, 0.6) is 0 Å². The predicted octanol–water partition coefficient (Wildman–Crippen LogP) is 4.69. The van der Waals surface area contributed by atoms with Crippen molar-refractivity contribution >= 4 is 0 Å². The zero-order valence-corrected chi connectivity index (χ0v) is 10.6. The lowest BCUT2D eigenvalue weighted by Gasteiger charge is -2.09. The Kier molecular flexibility index (Phi) is 3.25. The molecule has 1 heterocycles. The molecule has 0 unspecified atom stereocenters. The SMILES string of the molecule is Fc1ccc(-c2cc(F)ccc2-c2ccccn2)cc1. The highest BCUT2D eigenvalue weighted by Gasteiger charge is 2.09. The van der Waals surface area contributed by atoms with Gasteiger partial charge in [-0.2, -0.15) is 0 Å². The van der Waals surface area contributed by atoms with Crippen molar-refractivity contribution < 1.29 is 8.78 Å². The van der Waals surface area contributed by atoms with Crippen molar-refractivity contribution in [1.82, 2.24) is 4.98 Å². The molecule has 3 heteroatoms. The van der Waals surface area contributed by atoms with E-state index in [0.717, 1.165) is 16.8 Å². The molecule has 0 N–H and O–H groups in total. The van der Waals surface area contributed by atoms with Crippen molar-refractivity contribution in [3.05, 3.63) is 78.5 Å². The fourth-order valence-electron chi connectivity index (χ4n) is 2.13. The van der Waals surface area contributed by atoms with Crippen LogP contribution >= 0.6 is 0 Å². The molecule has 0 aliphatic rings. The molecular weight excluding hydrogens is 256 g/mol. The maximum atomic E-state index is 13.5. The molecule has 0 bridgehead atoms. The van der Waals surface area contributed by atoms with Gasteiger partial charge in [0.1, 0.15) is 11.6 Å². The van der Waals surface area contributed by atoms with E-state index in [1.165, 1.54) is 24.3 Å². The van der Waals surface area contributed by atoms with Crippen LogP contribution < -0.4 is 0 Å². The van der Waals surface area contributed by atoms with Crippen LogP contribution in [0.2, 0.25) is 0 Å². The first-order valence-electron chi connectivity index (χ1n) is 6.21. The fraction of sp³-hybridized carbons (Fsp3) is 0. The Morgan fingerprint density at radius 3 is 2.15 bits per heavy atom. The van der Waals surface area contributed by atoms with Crippen molar-refractivity contribution in [2.45, 2.75) is 0 Å². The first kappa shape index (κ1) is 12.5. The number of aromatic nitrogens is 1. The van der Waals surface area contributed by atoms with Gasteiger partial charge in [0.25, 0.3) is 0 Å². The number of nitrogens with zero attached hydrogens (tertiary/aromatic N) is 1. The van der Waals surface area contributed by atoms with E-state index in [4.69, 9.17) is 0 Å². The van der Waals surface area contributed by atoms with Crippen LogP contribution in [0.1, 0.15) is 0 Å². The van der Waals surface area contributed by atoms with Crippen LogP contribution in [0.25, 0.3) is 22.4 Å². The highest BCUT2D eigenvalue weighted by molar-refractivity contribution is 5.81. The normalized spacial score (nSPS) is 10.5. The molecule has 2 aromatic carbocycles. The molecule has 3 rings (SSSR count). The molecule has 1 nitrogen and oxygen atoms in total. The van der Waals surface area contributed by atoms with E-state index in [-0.39, 0.29) is 11.6 Å². The summed E-state index contributed by atoms with van der Waals surface area (Å²) in [6.45, 7) is 0. The van der Waals surface area contributed by atoms with Crippen molar-refractivity contribution in [3.8, 4) is 22.4 Å². The second kappa shape index (κ2) is 5.21. The smallest absolute Gasteiger partial charge is 0.123 e. The molecule has 0 aliphatic carbocycles. The van der Waals surface area contributed by atoms with E-state index in [1.54, 1.807) is 24.4 Å². The largest absolute Gasteiger partial charge is 0.256 e. The van der Waals surface area contributed by atoms with Gasteiger partial charge >= 0.3 is 0 Å². The third kappa shape index (κ3) is 2.43. The molecule has 0 fully saturated rings. The van der Waals surface area contributed by atoms with Crippen LogP contribution in [0, 0.1) is 11.6 Å². The summed E-state index contributed by atoms with van der Waals surface area (Å²) in [4.78, 5) is 4.29. The molecule has 0 saturated carbocycles. The Morgan fingerprint density at radius 1 is 0.700 bits per heavy atom. The van der Waals surface area contributed by atoms with E-state index >= 15 is 0 Å². The van der Waals surface area contributed by atoms with Gasteiger partial charge in [-0.3, -0.25) is 4.98 Å². The Balaban J connectivity index is 2.19. The topological polar surface area (TPSA) is 12.9 Å². The van der Waals surface area contributed by atoms with Crippen molar-refractivity contribution in [1.29, 1.82) is 0 Å². The van der Waals surface area contributed by atoms with Crippen molar-refractivity contribution in [2.24, 2.45) is 0 Å². The van der Waals surface area contributed by atoms with Crippen molar-refractivity contribution in [3.63, 3.8) is 0 Å². The van der Waals surface area contributed by atoms with Crippen LogP contribution in [0.15, 0.2) is 66.9 Å². The van der Waals surface area contributed by atoms with Gasteiger partial charge in [0.15, 0.2) is 0 Å². The number of benzene rings is 2. The van der Waals surface area contributed by atoms with Crippen molar-refractivity contribution in [2.75, 3.05) is 0 Å². The Hall–Kier alpha value is -2.55. The summed E-state index contributed by atoms with van der Waals surface area (Å²) >= 11 is 0. The number of hydrogen-bond acceptors (Lipinski definition) is 1. The quantitative estimate of drug-likeness (QED) is 0.656. The van der Waals surface area contributed by atoms with E-state index in [1.807, 2.05) is 18.2 Å². The molecule has 0 aliphatic heterocycles. The van der Waals surface area contributed by atoms with E-state index in [2.05, 4.69) is 4.98 Å². The number of rotatable bonds is 2. The molecule has 0 spiro atoms. The average Bonchev–Trinajstić information content (AvgIpc) is 2.49. The predicted molar refractivity (Wildman–Crippen MR) is 75.0 cm³/mol. The summed E-state index contributed by atoms with van der Waals surface area (Å²) < 4.78 is 26.6. The summed E-state index contributed by atoms with van der Waals surface area (Å²) in [5.74, 6) is -0.645. The summed E-state index contributed by atoms with van der Waals surface area (Å²) in [5, 5.41) is 0. The first-order valence-corrected chi connectivity index (χ1v) is 6.21. The van der Waals surface area contributed by atoms with Gasteiger partial charge in [-0.15, -0.1) is 0 Å². The molecule has 1 aromatic heterocycles. The Morgan fingerprint density at radius 2 is 1.45 bits per heavy atom. The number of halogens is 2. The maximum Gasteiger partial charge on any atom is 0.123 e. The van der Waals surface area contributed by atoms with Gasteiger partial charge < -0.3 is 0 Å². The number of pyridine rings is 1. The molecule has 0 radical (unpaired) electrons. The standard InChI is InChI=1S/C17H11F2N/c18-13-6-4-12(5-7-13)16-11-14(19)8-9-15(16)17-3-1-2-10-20-17/h1-11H. The minimum absolute atomic E-state index is 0.315.